The number of benzene rings is 1. The summed E-state index contributed by atoms with van der Waals surface area (Å²) < 4.78 is 5.19. The molecule has 1 atom stereocenters. The number of aliphatic hydroxyl groups is 1. The van der Waals surface area contributed by atoms with Crippen LogP contribution in [0.2, 0.25) is 0 Å². The molecule has 0 aliphatic carbocycles. The van der Waals surface area contributed by atoms with Crippen LogP contribution in [0.5, 0.6) is 0 Å². The fourth-order valence-corrected chi connectivity index (χ4v) is 1.46. The van der Waals surface area contributed by atoms with Crippen LogP contribution >= 0.6 is 0 Å². The third-order valence-corrected chi connectivity index (χ3v) is 2.30. The maximum absolute atomic E-state index is 11.7. The van der Waals surface area contributed by atoms with Gasteiger partial charge in [0.15, 0.2) is 0 Å². The molecule has 0 saturated carbocycles. The summed E-state index contributed by atoms with van der Waals surface area (Å²) in [4.78, 5) is 22.2. The third-order valence-electron chi connectivity index (χ3n) is 2.30. The molecule has 0 saturated heterocycles. The smallest absolute Gasteiger partial charge is 0.338 e. The zero-order valence-corrected chi connectivity index (χ0v) is 11.2. The fraction of sp³-hybridized carbons (Fsp3) is 0.429. The number of aliphatic carboxylic acids is 1. The van der Waals surface area contributed by atoms with E-state index in [1.54, 1.807) is 20.8 Å². The van der Waals surface area contributed by atoms with Gasteiger partial charge in [0.2, 0.25) is 0 Å². The Balaban J connectivity index is 2.76. The molecule has 5 heteroatoms. The molecule has 0 aromatic heterocycles. The van der Waals surface area contributed by atoms with Gasteiger partial charge in [0.25, 0.3) is 0 Å². The van der Waals surface area contributed by atoms with Gasteiger partial charge in [-0.15, -0.1) is 0 Å². The van der Waals surface area contributed by atoms with Gasteiger partial charge in [0, 0.05) is 0 Å². The molecule has 0 aliphatic rings. The lowest BCUT2D eigenvalue weighted by Crippen LogP contribution is -2.23. The van der Waals surface area contributed by atoms with Crippen LogP contribution in [-0.4, -0.2) is 27.8 Å². The quantitative estimate of drug-likeness (QED) is 0.816. The fourth-order valence-electron chi connectivity index (χ4n) is 1.46. The molecule has 2 N–H and O–H groups in total. The molecule has 0 bridgehead atoms. The molecular formula is C14H18O5. The van der Waals surface area contributed by atoms with E-state index in [-0.39, 0.29) is 6.42 Å². The molecule has 5 nitrogen and oxygen atoms in total. The molecule has 19 heavy (non-hydrogen) atoms. The molecule has 1 aromatic carbocycles. The van der Waals surface area contributed by atoms with Crippen molar-refractivity contribution in [1.82, 2.24) is 0 Å². The Hall–Kier alpha value is -1.88. The van der Waals surface area contributed by atoms with Gasteiger partial charge in [-0.2, -0.15) is 0 Å². The number of rotatable bonds is 4. The summed E-state index contributed by atoms with van der Waals surface area (Å²) in [5.74, 6) is -1.53. The van der Waals surface area contributed by atoms with Gasteiger partial charge in [-0.05, 0) is 38.5 Å². The predicted octanol–water partition coefficient (Wildman–Crippen LogP) is 2.15. The molecule has 0 spiro atoms. The van der Waals surface area contributed by atoms with Crippen LogP contribution in [0.25, 0.3) is 0 Å². The van der Waals surface area contributed by atoms with Crippen molar-refractivity contribution in [3.63, 3.8) is 0 Å². The maximum Gasteiger partial charge on any atom is 0.338 e. The van der Waals surface area contributed by atoms with Crippen LogP contribution in [0.15, 0.2) is 24.3 Å². The van der Waals surface area contributed by atoms with Crippen molar-refractivity contribution in [2.75, 3.05) is 0 Å². The lowest BCUT2D eigenvalue weighted by molar-refractivity contribution is -0.139. The first-order chi connectivity index (χ1) is 8.69. The van der Waals surface area contributed by atoms with Gasteiger partial charge >= 0.3 is 11.9 Å². The number of carbonyl (C=O) groups excluding carboxylic acids is 1. The average molecular weight is 266 g/mol. The van der Waals surface area contributed by atoms with Crippen molar-refractivity contribution in [1.29, 1.82) is 0 Å². The monoisotopic (exact) mass is 266 g/mol. The van der Waals surface area contributed by atoms with Crippen LogP contribution in [0.4, 0.5) is 0 Å². The van der Waals surface area contributed by atoms with Gasteiger partial charge in [0.05, 0.1) is 18.1 Å². The Bertz CT molecular complexity index is 456. The van der Waals surface area contributed by atoms with Crippen LogP contribution in [0, 0.1) is 0 Å². The first kappa shape index (κ1) is 15.2. The molecule has 1 rings (SSSR count). The van der Waals surface area contributed by atoms with E-state index in [1.165, 1.54) is 24.3 Å². The Kier molecular flexibility index (Phi) is 4.67. The van der Waals surface area contributed by atoms with Crippen LogP contribution in [0.1, 0.15) is 49.2 Å². The highest BCUT2D eigenvalue weighted by Crippen LogP contribution is 2.18. The van der Waals surface area contributed by atoms with E-state index < -0.39 is 23.6 Å². The summed E-state index contributed by atoms with van der Waals surface area (Å²) in [5, 5.41) is 18.2. The van der Waals surface area contributed by atoms with E-state index in [0.717, 1.165) is 0 Å². The summed E-state index contributed by atoms with van der Waals surface area (Å²) in [7, 11) is 0. The van der Waals surface area contributed by atoms with Crippen LogP contribution in [-0.2, 0) is 9.53 Å². The molecular weight excluding hydrogens is 248 g/mol. The first-order valence-corrected chi connectivity index (χ1v) is 5.92. The molecule has 0 amide bonds. The van der Waals surface area contributed by atoms with Gasteiger partial charge in [-0.3, -0.25) is 4.79 Å². The summed E-state index contributed by atoms with van der Waals surface area (Å²) in [6, 6.07) is 6.06. The van der Waals surface area contributed by atoms with Crippen molar-refractivity contribution in [2.45, 2.75) is 38.9 Å². The molecule has 104 valence electrons. The van der Waals surface area contributed by atoms with Crippen molar-refractivity contribution in [3.8, 4) is 0 Å². The standard InChI is InChI=1S/C14H18O5/c1-14(2,3)19-13(18)10-6-4-9(5-7-10)11(15)8-12(16)17/h4-7,11,15H,8H2,1-3H3,(H,16,17). The van der Waals surface area contributed by atoms with Gasteiger partial charge in [-0.25, -0.2) is 4.79 Å². The maximum atomic E-state index is 11.7. The van der Waals surface area contributed by atoms with Gasteiger partial charge in [-0.1, -0.05) is 12.1 Å². The molecule has 1 unspecified atom stereocenters. The highest BCUT2D eigenvalue weighted by atomic mass is 16.6. The normalized spacial score (nSPS) is 12.8. The predicted molar refractivity (Wildman–Crippen MR) is 68.8 cm³/mol. The molecule has 0 fully saturated rings. The number of esters is 1. The van der Waals surface area contributed by atoms with E-state index in [9.17, 15) is 14.7 Å². The second kappa shape index (κ2) is 5.84. The van der Waals surface area contributed by atoms with Crippen molar-refractivity contribution >= 4 is 11.9 Å². The second-order valence-corrected chi connectivity index (χ2v) is 5.24. The van der Waals surface area contributed by atoms with Crippen molar-refractivity contribution < 1.29 is 24.5 Å². The highest BCUT2D eigenvalue weighted by molar-refractivity contribution is 5.89. The summed E-state index contributed by atoms with van der Waals surface area (Å²) in [6.07, 6.45) is -1.45. The first-order valence-electron chi connectivity index (χ1n) is 5.92. The minimum absolute atomic E-state index is 0.362. The number of carboxylic acids is 1. The largest absolute Gasteiger partial charge is 0.481 e. The van der Waals surface area contributed by atoms with E-state index in [1.807, 2.05) is 0 Å². The topological polar surface area (TPSA) is 83.8 Å². The van der Waals surface area contributed by atoms with Crippen molar-refractivity contribution in [3.05, 3.63) is 35.4 Å². The number of carboxylic acid groups (broad SMARTS) is 1. The lowest BCUT2D eigenvalue weighted by Gasteiger charge is -2.19. The Labute approximate surface area is 111 Å². The Morgan fingerprint density at radius 2 is 1.74 bits per heavy atom. The SMILES string of the molecule is CC(C)(C)OC(=O)c1ccc(C(O)CC(=O)O)cc1. The Morgan fingerprint density at radius 1 is 1.21 bits per heavy atom. The highest BCUT2D eigenvalue weighted by Gasteiger charge is 2.18. The van der Waals surface area contributed by atoms with Gasteiger partial charge in [0.1, 0.15) is 5.60 Å². The number of carbonyl (C=O) groups is 2. The lowest BCUT2D eigenvalue weighted by atomic mass is 10.0. The number of aliphatic hydroxyl groups excluding tert-OH is 1. The van der Waals surface area contributed by atoms with Crippen LogP contribution < -0.4 is 0 Å². The zero-order chi connectivity index (χ0) is 14.6. The minimum Gasteiger partial charge on any atom is -0.481 e. The minimum atomic E-state index is -1.08. The third kappa shape index (κ3) is 5.09. The zero-order valence-electron chi connectivity index (χ0n) is 11.2. The molecule has 1 aromatic rings. The number of ether oxygens (including phenoxy) is 1. The number of hydrogen-bond acceptors (Lipinski definition) is 4. The second-order valence-electron chi connectivity index (χ2n) is 5.24. The van der Waals surface area contributed by atoms with E-state index in [4.69, 9.17) is 9.84 Å². The van der Waals surface area contributed by atoms with Crippen molar-refractivity contribution in [2.24, 2.45) is 0 Å². The van der Waals surface area contributed by atoms with Crippen LogP contribution in [0.3, 0.4) is 0 Å². The number of hydrogen-bond donors (Lipinski definition) is 2. The Morgan fingerprint density at radius 3 is 2.16 bits per heavy atom. The summed E-state index contributed by atoms with van der Waals surface area (Å²) in [6.45, 7) is 5.32. The van der Waals surface area contributed by atoms with E-state index in [0.29, 0.717) is 11.1 Å². The molecule has 0 radical (unpaired) electrons. The summed E-state index contributed by atoms with van der Waals surface area (Å²) in [5.41, 5.74) is 0.245. The van der Waals surface area contributed by atoms with E-state index >= 15 is 0 Å². The molecule has 0 aliphatic heterocycles. The average Bonchev–Trinajstić information content (AvgIpc) is 2.26. The van der Waals surface area contributed by atoms with Gasteiger partial charge < -0.3 is 14.9 Å². The molecule has 0 heterocycles. The summed E-state index contributed by atoms with van der Waals surface area (Å²) >= 11 is 0. The van der Waals surface area contributed by atoms with E-state index in [2.05, 4.69) is 0 Å².